The van der Waals surface area contributed by atoms with E-state index in [9.17, 15) is 9.59 Å². The van der Waals surface area contributed by atoms with Crippen LogP contribution < -0.4 is 16.6 Å². The van der Waals surface area contributed by atoms with Gasteiger partial charge in [0, 0.05) is 18.0 Å². The number of benzene rings is 1. The minimum Gasteiger partial charge on any atom is -0.398 e. The van der Waals surface area contributed by atoms with Gasteiger partial charge in [-0.2, -0.15) is 0 Å². The molecule has 0 bridgehead atoms. The van der Waals surface area contributed by atoms with Crippen molar-refractivity contribution in [1.29, 1.82) is 0 Å². The van der Waals surface area contributed by atoms with E-state index in [1.807, 2.05) is 0 Å². The largest absolute Gasteiger partial charge is 0.398 e. The Morgan fingerprint density at radius 3 is 2.74 bits per heavy atom. The van der Waals surface area contributed by atoms with E-state index in [0.29, 0.717) is 16.4 Å². The van der Waals surface area contributed by atoms with Gasteiger partial charge in [0.05, 0.1) is 10.7 Å². The fraction of sp³-hybridized carbons (Fsp3) is 0.0769. The lowest BCUT2D eigenvalue weighted by Crippen LogP contribution is -2.27. The molecule has 5 nitrogen and oxygen atoms in total. The second kappa shape index (κ2) is 5.58. The van der Waals surface area contributed by atoms with Gasteiger partial charge < -0.3 is 15.6 Å². The molecule has 0 atom stereocenters. The summed E-state index contributed by atoms with van der Waals surface area (Å²) in [5.41, 5.74) is 6.21. The zero-order chi connectivity index (χ0) is 13.8. The molecule has 0 radical (unpaired) electrons. The van der Waals surface area contributed by atoms with Gasteiger partial charge in [-0.15, -0.1) is 0 Å². The van der Waals surface area contributed by atoms with E-state index in [1.165, 1.54) is 22.9 Å². The van der Waals surface area contributed by atoms with Crippen molar-refractivity contribution >= 4 is 28.9 Å². The van der Waals surface area contributed by atoms with E-state index < -0.39 is 0 Å². The van der Waals surface area contributed by atoms with Crippen molar-refractivity contribution < 1.29 is 4.79 Å². The number of aromatic nitrogens is 1. The van der Waals surface area contributed by atoms with Gasteiger partial charge in [-0.3, -0.25) is 9.59 Å². The molecule has 3 N–H and O–H groups in total. The summed E-state index contributed by atoms with van der Waals surface area (Å²) in [4.78, 5) is 23.4. The lowest BCUT2D eigenvalue weighted by Gasteiger charge is -2.08. The molecule has 2 rings (SSSR count). The minimum atomic E-state index is -0.346. The number of anilines is 2. The highest BCUT2D eigenvalue weighted by Gasteiger charge is 2.07. The third-order valence-corrected chi connectivity index (χ3v) is 2.80. The first-order valence-electron chi connectivity index (χ1n) is 5.56. The van der Waals surface area contributed by atoms with Crippen LogP contribution in [-0.4, -0.2) is 10.5 Å². The van der Waals surface area contributed by atoms with Crippen molar-refractivity contribution in [3.8, 4) is 0 Å². The van der Waals surface area contributed by atoms with E-state index in [1.54, 1.807) is 24.3 Å². The monoisotopic (exact) mass is 277 g/mol. The topological polar surface area (TPSA) is 77.1 Å². The number of nitrogens with zero attached hydrogens (tertiary/aromatic N) is 1. The molecule has 0 fully saturated rings. The molecule has 1 heterocycles. The molecule has 1 aromatic heterocycles. The van der Waals surface area contributed by atoms with E-state index in [2.05, 4.69) is 5.32 Å². The summed E-state index contributed by atoms with van der Waals surface area (Å²) in [6.45, 7) is -0.116. The van der Waals surface area contributed by atoms with E-state index in [-0.39, 0.29) is 18.0 Å². The van der Waals surface area contributed by atoms with Crippen LogP contribution in [0.25, 0.3) is 0 Å². The van der Waals surface area contributed by atoms with Gasteiger partial charge in [0.25, 0.3) is 5.56 Å². The summed E-state index contributed by atoms with van der Waals surface area (Å²) in [6.07, 6.45) is 1.43. The third kappa shape index (κ3) is 3.35. The molecule has 0 spiro atoms. The highest BCUT2D eigenvalue weighted by Crippen LogP contribution is 2.20. The number of nitrogens with one attached hydrogen (secondary N) is 1. The predicted octanol–water partition coefficient (Wildman–Crippen LogP) is 1.72. The molecular weight excluding hydrogens is 266 g/mol. The van der Waals surface area contributed by atoms with Crippen LogP contribution in [-0.2, 0) is 11.3 Å². The Morgan fingerprint density at radius 2 is 2.00 bits per heavy atom. The molecule has 0 unspecified atom stereocenters. The van der Waals surface area contributed by atoms with Gasteiger partial charge in [0.1, 0.15) is 6.54 Å². The first kappa shape index (κ1) is 13.2. The lowest BCUT2D eigenvalue weighted by molar-refractivity contribution is -0.116. The van der Waals surface area contributed by atoms with Crippen molar-refractivity contribution in [2.24, 2.45) is 0 Å². The highest BCUT2D eigenvalue weighted by molar-refractivity contribution is 6.33. The first-order chi connectivity index (χ1) is 9.06. The second-order valence-corrected chi connectivity index (χ2v) is 4.36. The summed E-state index contributed by atoms with van der Waals surface area (Å²) < 4.78 is 1.24. The molecule has 1 aromatic carbocycles. The van der Waals surface area contributed by atoms with Crippen LogP contribution in [0.15, 0.2) is 47.4 Å². The maximum atomic E-state index is 11.8. The minimum absolute atomic E-state index is 0.116. The Bertz CT molecular complexity index is 667. The van der Waals surface area contributed by atoms with Gasteiger partial charge >= 0.3 is 0 Å². The van der Waals surface area contributed by atoms with E-state index in [4.69, 9.17) is 17.3 Å². The van der Waals surface area contributed by atoms with Crippen LogP contribution in [0, 0.1) is 0 Å². The zero-order valence-electron chi connectivity index (χ0n) is 9.97. The smallest absolute Gasteiger partial charge is 0.251 e. The molecule has 0 aliphatic heterocycles. The number of rotatable bonds is 3. The fourth-order valence-electron chi connectivity index (χ4n) is 1.58. The van der Waals surface area contributed by atoms with Crippen molar-refractivity contribution in [3.05, 3.63) is 58.0 Å². The number of carbonyl (C=O) groups excluding carboxylic acids is 1. The number of nitrogens with two attached hydrogens (primary N) is 1. The van der Waals surface area contributed by atoms with Gasteiger partial charge in [-0.1, -0.05) is 23.7 Å². The molecule has 6 heteroatoms. The Balaban J connectivity index is 2.12. The molecule has 1 amide bonds. The zero-order valence-corrected chi connectivity index (χ0v) is 10.7. The summed E-state index contributed by atoms with van der Waals surface area (Å²) in [5, 5.41) is 3.07. The summed E-state index contributed by atoms with van der Waals surface area (Å²) in [6, 6.07) is 9.68. The SMILES string of the molecule is Nc1ccc(=O)n(CC(=O)Nc2ccccc2Cl)c1. The molecule has 2 aromatic rings. The van der Waals surface area contributed by atoms with Crippen molar-refractivity contribution in [2.75, 3.05) is 11.1 Å². The van der Waals surface area contributed by atoms with Crippen LogP contribution in [0.1, 0.15) is 0 Å². The van der Waals surface area contributed by atoms with E-state index >= 15 is 0 Å². The van der Waals surface area contributed by atoms with Crippen LogP contribution >= 0.6 is 11.6 Å². The molecule has 0 aliphatic rings. The second-order valence-electron chi connectivity index (χ2n) is 3.96. The quantitative estimate of drug-likeness (QED) is 0.897. The van der Waals surface area contributed by atoms with Crippen LogP contribution in [0.4, 0.5) is 11.4 Å². The van der Waals surface area contributed by atoms with Gasteiger partial charge in [0.2, 0.25) is 5.91 Å². The average molecular weight is 278 g/mol. The first-order valence-corrected chi connectivity index (χ1v) is 5.94. The number of pyridine rings is 1. The predicted molar refractivity (Wildman–Crippen MR) is 75.2 cm³/mol. The van der Waals surface area contributed by atoms with E-state index in [0.717, 1.165) is 0 Å². The van der Waals surface area contributed by atoms with Crippen molar-refractivity contribution in [1.82, 2.24) is 4.57 Å². The Labute approximate surface area is 114 Å². The average Bonchev–Trinajstić information content (AvgIpc) is 2.37. The summed E-state index contributed by atoms with van der Waals surface area (Å²) in [5.74, 6) is -0.346. The third-order valence-electron chi connectivity index (χ3n) is 2.47. The molecular formula is C13H12ClN3O2. The fourth-order valence-corrected chi connectivity index (χ4v) is 1.76. The molecule has 0 aliphatic carbocycles. The van der Waals surface area contributed by atoms with Crippen LogP contribution in [0.5, 0.6) is 0 Å². The highest BCUT2D eigenvalue weighted by atomic mass is 35.5. The standard InChI is InChI=1S/C13H12ClN3O2/c14-10-3-1-2-4-11(10)16-12(18)8-17-7-9(15)5-6-13(17)19/h1-7H,8,15H2,(H,16,18). The maximum Gasteiger partial charge on any atom is 0.251 e. The molecule has 0 saturated carbocycles. The maximum absolute atomic E-state index is 11.8. The molecule has 98 valence electrons. The van der Waals surface area contributed by atoms with Crippen molar-refractivity contribution in [3.63, 3.8) is 0 Å². The van der Waals surface area contributed by atoms with Gasteiger partial charge in [-0.25, -0.2) is 0 Å². The van der Waals surface area contributed by atoms with Gasteiger partial charge in [-0.05, 0) is 18.2 Å². The number of halogens is 1. The lowest BCUT2D eigenvalue weighted by atomic mass is 10.3. The number of carbonyl (C=O) groups is 1. The van der Waals surface area contributed by atoms with Crippen LogP contribution in [0.2, 0.25) is 5.02 Å². The normalized spacial score (nSPS) is 10.2. The number of amides is 1. The van der Waals surface area contributed by atoms with Crippen LogP contribution in [0.3, 0.4) is 0 Å². The number of nitrogen functional groups attached to an aromatic ring is 1. The number of para-hydroxylation sites is 1. The summed E-state index contributed by atoms with van der Waals surface area (Å²) in [7, 11) is 0. The Morgan fingerprint density at radius 1 is 1.26 bits per heavy atom. The summed E-state index contributed by atoms with van der Waals surface area (Å²) >= 11 is 5.92. The molecule has 0 saturated heterocycles. The molecule has 19 heavy (non-hydrogen) atoms. The Hall–Kier alpha value is -2.27. The number of hydrogen-bond acceptors (Lipinski definition) is 3. The van der Waals surface area contributed by atoms with Crippen molar-refractivity contribution in [2.45, 2.75) is 6.54 Å². The van der Waals surface area contributed by atoms with Gasteiger partial charge in [0.15, 0.2) is 0 Å². The Kier molecular flexibility index (Phi) is 3.87. The number of hydrogen-bond donors (Lipinski definition) is 2.